The van der Waals surface area contributed by atoms with E-state index in [1.807, 2.05) is 24.3 Å². The lowest BCUT2D eigenvalue weighted by atomic mass is 9.49. The van der Waals surface area contributed by atoms with Gasteiger partial charge in [0.15, 0.2) is 5.65 Å². The molecule has 1 aromatic carbocycles. The van der Waals surface area contributed by atoms with Crippen molar-refractivity contribution in [2.45, 2.75) is 39.8 Å². The lowest BCUT2D eigenvalue weighted by molar-refractivity contribution is -0.192. The maximum absolute atomic E-state index is 12.9. The highest BCUT2D eigenvalue weighted by Crippen LogP contribution is 2.62. The SMILES string of the molecule is CC1(C)[C@H](Oc2ccc(C#N)c(Cl)c2)C(C)(C)[C@H]1n1nc2ccccn2c1=O. The second-order valence-corrected chi connectivity index (χ2v) is 8.86. The average Bonchev–Trinajstić information content (AvgIpc) is 2.95. The van der Waals surface area contributed by atoms with Gasteiger partial charge in [0.2, 0.25) is 0 Å². The normalized spacial score (nSPS) is 22.4. The van der Waals surface area contributed by atoms with Gasteiger partial charge in [-0.15, -0.1) is 5.10 Å². The molecule has 0 atom stereocenters. The zero-order valence-corrected chi connectivity index (χ0v) is 16.9. The molecule has 3 aromatic rings. The van der Waals surface area contributed by atoms with Crippen LogP contribution in [0.25, 0.3) is 5.65 Å². The van der Waals surface area contributed by atoms with Crippen LogP contribution >= 0.6 is 11.6 Å². The third-order valence-electron chi connectivity index (χ3n) is 5.77. The Morgan fingerprint density at radius 3 is 2.50 bits per heavy atom. The van der Waals surface area contributed by atoms with E-state index in [1.54, 1.807) is 33.5 Å². The molecule has 1 fully saturated rings. The largest absolute Gasteiger partial charge is 0.489 e. The second-order valence-electron chi connectivity index (χ2n) is 8.45. The maximum Gasteiger partial charge on any atom is 0.350 e. The number of nitriles is 1. The van der Waals surface area contributed by atoms with Gasteiger partial charge in [0, 0.05) is 23.1 Å². The number of aromatic nitrogens is 3. The molecule has 0 spiro atoms. The summed E-state index contributed by atoms with van der Waals surface area (Å²) in [6, 6.07) is 12.5. The summed E-state index contributed by atoms with van der Waals surface area (Å²) in [5.74, 6) is 0.607. The van der Waals surface area contributed by atoms with Gasteiger partial charge in [-0.05, 0) is 24.3 Å². The quantitative estimate of drug-likeness (QED) is 0.668. The first-order valence-electron chi connectivity index (χ1n) is 9.10. The molecule has 0 radical (unpaired) electrons. The molecule has 0 bridgehead atoms. The molecular formula is C21H21ClN4O2. The fourth-order valence-electron chi connectivity index (χ4n) is 4.95. The summed E-state index contributed by atoms with van der Waals surface area (Å²) in [5, 5.41) is 14.0. The fraction of sp³-hybridized carbons (Fsp3) is 0.381. The molecule has 2 heterocycles. The minimum Gasteiger partial charge on any atom is -0.489 e. The van der Waals surface area contributed by atoms with Crippen LogP contribution in [-0.4, -0.2) is 20.3 Å². The lowest BCUT2D eigenvalue weighted by Gasteiger charge is -2.62. The molecule has 2 aromatic heterocycles. The number of fused-ring (bicyclic) bond motifs is 1. The van der Waals surface area contributed by atoms with Crippen molar-refractivity contribution in [1.82, 2.24) is 14.2 Å². The van der Waals surface area contributed by atoms with Crippen LogP contribution in [-0.2, 0) is 0 Å². The molecule has 0 saturated heterocycles. The number of ether oxygens (including phenoxy) is 1. The minimum absolute atomic E-state index is 0.133. The van der Waals surface area contributed by atoms with Crippen molar-refractivity contribution in [3.05, 3.63) is 63.7 Å². The number of nitrogens with zero attached hydrogens (tertiary/aromatic N) is 4. The molecular weight excluding hydrogens is 376 g/mol. The third-order valence-corrected chi connectivity index (χ3v) is 6.08. The van der Waals surface area contributed by atoms with Crippen molar-refractivity contribution in [3.8, 4) is 11.8 Å². The number of hydrogen-bond donors (Lipinski definition) is 0. The van der Waals surface area contributed by atoms with Crippen LogP contribution in [0.15, 0.2) is 47.4 Å². The van der Waals surface area contributed by atoms with Gasteiger partial charge >= 0.3 is 5.69 Å². The lowest BCUT2D eigenvalue weighted by Crippen LogP contribution is -2.67. The summed E-state index contributed by atoms with van der Waals surface area (Å²) in [7, 11) is 0. The summed E-state index contributed by atoms with van der Waals surface area (Å²) < 4.78 is 9.42. The number of hydrogen-bond acceptors (Lipinski definition) is 4. The topological polar surface area (TPSA) is 72.3 Å². The first kappa shape index (κ1) is 18.6. The van der Waals surface area contributed by atoms with Crippen molar-refractivity contribution in [2.75, 3.05) is 0 Å². The van der Waals surface area contributed by atoms with Crippen molar-refractivity contribution < 1.29 is 4.74 Å². The van der Waals surface area contributed by atoms with Crippen LogP contribution < -0.4 is 10.4 Å². The Kier molecular flexibility index (Phi) is 4.06. The molecule has 1 aliphatic rings. The van der Waals surface area contributed by atoms with Crippen LogP contribution in [0.1, 0.15) is 39.3 Å². The summed E-state index contributed by atoms with van der Waals surface area (Å²) in [4.78, 5) is 12.9. The van der Waals surface area contributed by atoms with Crippen molar-refractivity contribution in [2.24, 2.45) is 10.8 Å². The van der Waals surface area contributed by atoms with E-state index in [1.165, 1.54) is 0 Å². The molecule has 4 rings (SSSR count). The number of pyridine rings is 1. The average molecular weight is 397 g/mol. The number of benzene rings is 1. The monoisotopic (exact) mass is 396 g/mol. The van der Waals surface area contributed by atoms with E-state index in [4.69, 9.17) is 21.6 Å². The summed E-state index contributed by atoms with van der Waals surface area (Å²) >= 11 is 6.15. The molecule has 0 amide bonds. The summed E-state index contributed by atoms with van der Waals surface area (Å²) in [6.07, 6.45) is 1.57. The van der Waals surface area contributed by atoms with Crippen LogP contribution in [0.5, 0.6) is 5.75 Å². The van der Waals surface area contributed by atoms with Crippen molar-refractivity contribution in [1.29, 1.82) is 5.26 Å². The van der Waals surface area contributed by atoms with Gasteiger partial charge < -0.3 is 4.74 Å². The van der Waals surface area contributed by atoms with E-state index in [9.17, 15) is 4.79 Å². The smallest absolute Gasteiger partial charge is 0.350 e. The Morgan fingerprint density at radius 2 is 1.89 bits per heavy atom. The van der Waals surface area contributed by atoms with E-state index in [0.717, 1.165) is 0 Å². The molecule has 1 saturated carbocycles. The van der Waals surface area contributed by atoms with Gasteiger partial charge in [0.25, 0.3) is 0 Å². The first-order valence-corrected chi connectivity index (χ1v) is 9.48. The Bertz CT molecular complexity index is 1150. The fourth-order valence-corrected chi connectivity index (χ4v) is 5.16. The highest BCUT2D eigenvalue weighted by atomic mass is 35.5. The third kappa shape index (κ3) is 2.54. The Morgan fingerprint density at radius 1 is 1.18 bits per heavy atom. The molecule has 0 N–H and O–H groups in total. The van der Waals surface area contributed by atoms with Crippen LogP contribution in [0, 0.1) is 22.2 Å². The van der Waals surface area contributed by atoms with E-state index < -0.39 is 0 Å². The molecule has 144 valence electrons. The Labute approximate surface area is 167 Å². The second kappa shape index (κ2) is 6.11. The van der Waals surface area contributed by atoms with Crippen LogP contribution in [0.4, 0.5) is 0 Å². The molecule has 0 aliphatic heterocycles. The Hall–Kier alpha value is -2.78. The standard InChI is InChI=1S/C21H21ClN4O2/c1-20(2)17(26-19(27)25-10-6-5-7-16(25)24-26)21(3,4)18(20)28-14-9-8-13(12-23)15(22)11-14/h5-11,17-18H,1-4H3/t17-,18-. The van der Waals surface area contributed by atoms with Crippen LogP contribution in [0.2, 0.25) is 5.02 Å². The summed E-state index contributed by atoms with van der Waals surface area (Å²) in [6.45, 7) is 8.31. The van der Waals surface area contributed by atoms with E-state index >= 15 is 0 Å². The number of rotatable bonds is 3. The van der Waals surface area contributed by atoms with Crippen LogP contribution in [0.3, 0.4) is 0 Å². The molecule has 6 nitrogen and oxygen atoms in total. The zero-order valence-electron chi connectivity index (χ0n) is 16.2. The van der Waals surface area contributed by atoms with E-state index in [-0.39, 0.29) is 28.7 Å². The predicted octanol–water partition coefficient (Wildman–Crippen LogP) is 4.08. The minimum atomic E-state index is -0.342. The van der Waals surface area contributed by atoms with Crippen molar-refractivity contribution in [3.63, 3.8) is 0 Å². The zero-order chi connectivity index (χ0) is 20.3. The molecule has 1 aliphatic carbocycles. The summed E-state index contributed by atoms with van der Waals surface area (Å²) in [5.41, 5.74) is 0.205. The first-order chi connectivity index (χ1) is 13.2. The van der Waals surface area contributed by atoms with Gasteiger partial charge in [-0.3, -0.25) is 4.40 Å². The molecule has 7 heteroatoms. The van der Waals surface area contributed by atoms with Gasteiger partial charge in [-0.1, -0.05) is 45.4 Å². The maximum atomic E-state index is 12.9. The Balaban J connectivity index is 1.69. The van der Waals surface area contributed by atoms with Gasteiger partial charge in [0.1, 0.15) is 17.9 Å². The highest BCUT2D eigenvalue weighted by molar-refractivity contribution is 6.31. The predicted molar refractivity (Wildman–Crippen MR) is 107 cm³/mol. The van der Waals surface area contributed by atoms with Crippen molar-refractivity contribution >= 4 is 17.2 Å². The van der Waals surface area contributed by atoms with Gasteiger partial charge in [-0.25, -0.2) is 9.48 Å². The molecule has 0 unspecified atom stereocenters. The number of halogens is 1. The van der Waals surface area contributed by atoms with Gasteiger partial charge in [0.05, 0.1) is 16.6 Å². The highest BCUT2D eigenvalue weighted by Gasteiger charge is 2.65. The van der Waals surface area contributed by atoms with E-state index in [2.05, 4.69) is 32.8 Å². The van der Waals surface area contributed by atoms with Gasteiger partial charge in [-0.2, -0.15) is 5.26 Å². The van der Waals surface area contributed by atoms with E-state index in [0.29, 0.717) is 22.0 Å². The molecule has 28 heavy (non-hydrogen) atoms.